The predicted octanol–water partition coefficient (Wildman–Crippen LogP) is 7.67. The Morgan fingerprint density at radius 2 is 0.833 bits per heavy atom. The van der Waals surface area contributed by atoms with E-state index >= 15 is 0 Å². The summed E-state index contributed by atoms with van der Waals surface area (Å²) in [5, 5.41) is 0. The van der Waals surface area contributed by atoms with Gasteiger partial charge in [0.2, 0.25) is 0 Å². The van der Waals surface area contributed by atoms with E-state index in [1.807, 2.05) is 13.8 Å². The van der Waals surface area contributed by atoms with Gasteiger partial charge in [0.25, 0.3) is 0 Å². The Balaban J connectivity index is 0.000000243. The van der Waals surface area contributed by atoms with Gasteiger partial charge in [-0.2, -0.15) is 26.3 Å². The van der Waals surface area contributed by atoms with E-state index in [0.717, 1.165) is 19.3 Å². The topological polar surface area (TPSA) is 0 Å². The van der Waals surface area contributed by atoms with Crippen LogP contribution in [0.15, 0.2) is 0 Å². The first-order chi connectivity index (χ1) is 10.6. The zero-order valence-electron chi connectivity index (χ0n) is 15.1. The van der Waals surface area contributed by atoms with Crippen LogP contribution in [-0.4, -0.2) is 12.4 Å². The molecule has 0 spiro atoms. The third kappa shape index (κ3) is 5.29. The monoisotopic (exact) mass is 360 g/mol. The van der Waals surface area contributed by atoms with Crippen LogP contribution < -0.4 is 0 Å². The molecule has 2 fully saturated rings. The highest BCUT2D eigenvalue weighted by Gasteiger charge is 2.53. The van der Waals surface area contributed by atoms with Gasteiger partial charge in [0.1, 0.15) is 0 Å². The van der Waals surface area contributed by atoms with Crippen molar-refractivity contribution < 1.29 is 26.3 Å². The fourth-order valence-corrected chi connectivity index (χ4v) is 3.38. The molecule has 0 N–H and O–H groups in total. The molecule has 0 radical (unpaired) electrons. The van der Waals surface area contributed by atoms with Gasteiger partial charge in [-0.15, -0.1) is 0 Å². The van der Waals surface area contributed by atoms with Crippen LogP contribution in [-0.2, 0) is 0 Å². The van der Waals surface area contributed by atoms with Crippen molar-refractivity contribution in [2.45, 2.75) is 97.8 Å². The molecule has 0 aliphatic heterocycles. The first-order valence-corrected chi connectivity index (χ1v) is 8.76. The van der Waals surface area contributed by atoms with E-state index in [0.29, 0.717) is 25.7 Å². The van der Waals surface area contributed by atoms with E-state index in [2.05, 4.69) is 0 Å². The Kier molecular flexibility index (Phi) is 6.36. The van der Waals surface area contributed by atoms with Crippen molar-refractivity contribution in [3.8, 4) is 0 Å². The third-order valence-electron chi connectivity index (χ3n) is 6.03. The second-order valence-electron chi connectivity index (χ2n) is 8.84. The maximum absolute atomic E-state index is 12.6. The number of halogens is 6. The van der Waals surface area contributed by atoms with E-state index in [9.17, 15) is 26.3 Å². The lowest BCUT2D eigenvalue weighted by Crippen LogP contribution is -2.40. The number of rotatable bonds is 0. The first-order valence-electron chi connectivity index (χ1n) is 8.76. The summed E-state index contributed by atoms with van der Waals surface area (Å²) in [5.41, 5.74) is -2.71. The molecule has 0 nitrogen and oxygen atoms in total. The summed E-state index contributed by atoms with van der Waals surface area (Å²) in [6.45, 7) is 6.78. The maximum atomic E-state index is 12.6. The van der Waals surface area contributed by atoms with Crippen molar-refractivity contribution in [3.63, 3.8) is 0 Å². The van der Waals surface area contributed by atoms with Crippen LogP contribution in [0.4, 0.5) is 26.3 Å². The number of alkyl halides is 6. The Hall–Kier alpha value is -0.420. The molecule has 2 saturated carbocycles. The minimum Gasteiger partial charge on any atom is -0.171 e. The molecule has 144 valence electrons. The molecular weight excluding hydrogens is 330 g/mol. The largest absolute Gasteiger partial charge is 0.394 e. The fourth-order valence-electron chi connectivity index (χ4n) is 3.38. The molecule has 0 heterocycles. The molecule has 2 rings (SSSR count). The van der Waals surface area contributed by atoms with Gasteiger partial charge in [-0.1, -0.05) is 47.0 Å². The Morgan fingerprint density at radius 3 is 1.12 bits per heavy atom. The fraction of sp³-hybridized carbons (Fsp3) is 1.00. The standard InChI is InChI=1S/C10H17F3.C8H13F3/c1-8(2)4-6-9(3,7-5-8)10(11,12)13;1-7(8(9,10)11)5-3-2-4-6-7/h4-7H2,1-3H3;2-6H2,1H3. The van der Waals surface area contributed by atoms with Crippen LogP contribution in [0.2, 0.25) is 0 Å². The lowest BCUT2D eigenvalue weighted by molar-refractivity contribution is -0.232. The van der Waals surface area contributed by atoms with Crippen LogP contribution in [0.5, 0.6) is 0 Å². The van der Waals surface area contributed by atoms with Gasteiger partial charge in [0.15, 0.2) is 0 Å². The number of hydrogen-bond acceptors (Lipinski definition) is 0. The van der Waals surface area contributed by atoms with Crippen molar-refractivity contribution in [2.75, 3.05) is 0 Å². The van der Waals surface area contributed by atoms with Crippen LogP contribution in [0, 0.1) is 16.2 Å². The molecular formula is C18H30F6. The number of hydrogen-bond donors (Lipinski definition) is 0. The molecule has 0 saturated heterocycles. The minimum absolute atomic E-state index is 0.102. The molecule has 0 aromatic rings. The van der Waals surface area contributed by atoms with E-state index in [1.54, 1.807) is 0 Å². The lowest BCUT2D eigenvalue weighted by atomic mass is 9.66. The first kappa shape index (κ1) is 21.6. The molecule has 0 bridgehead atoms. The molecule has 0 amide bonds. The smallest absolute Gasteiger partial charge is 0.171 e. The summed E-state index contributed by atoms with van der Waals surface area (Å²) in [6, 6.07) is 0. The highest BCUT2D eigenvalue weighted by Crippen LogP contribution is 2.53. The molecule has 2 aliphatic carbocycles. The Morgan fingerprint density at radius 1 is 0.500 bits per heavy atom. The average Bonchev–Trinajstić information content (AvgIpc) is 2.42. The normalized spacial score (nSPS) is 26.2. The van der Waals surface area contributed by atoms with Crippen molar-refractivity contribution >= 4 is 0 Å². The van der Waals surface area contributed by atoms with Gasteiger partial charge in [-0.25, -0.2) is 0 Å². The van der Waals surface area contributed by atoms with Gasteiger partial charge < -0.3 is 0 Å². The second kappa shape index (κ2) is 7.06. The molecule has 2 aliphatic rings. The summed E-state index contributed by atoms with van der Waals surface area (Å²) in [4.78, 5) is 0. The van der Waals surface area contributed by atoms with Crippen molar-refractivity contribution in [1.29, 1.82) is 0 Å². The molecule has 24 heavy (non-hydrogen) atoms. The molecule has 6 heteroatoms. The lowest BCUT2D eigenvalue weighted by Gasteiger charge is -2.42. The second-order valence-corrected chi connectivity index (χ2v) is 8.84. The maximum Gasteiger partial charge on any atom is 0.394 e. The molecule has 0 atom stereocenters. The van der Waals surface area contributed by atoms with Crippen LogP contribution in [0.1, 0.15) is 85.5 Å². The van der Waals surface area contributed by atoms with Gasteiger partial charge in [-0.05, 0) is 43.9 Å². The van der Waals surface area contributed by atoms with Gasteiger partial charge in [0.05, 0.1) is 10.8 Å². The quantitative estimate of drug-likeness (QED) is 0.389. The van der Waals surface area contributed by atoms with E-state index in [-0.39, 0.29) is 18.3 Å². The molecule has 0 aromatic carbocycles. The summed E-state index contributed by atoms with van der Waals surface area (Å²) in [6.07, 6.45) is -3.03. The Bertz CT molecular complexity index is 389. The zero-order chi connectivity index (χ0) is 18.9. The van der Waals surface area contributed by atoms with Gasteiger partial charge in [-0.3, -0.25) is 0 Å². The van der Waals surface area contributed by atoms with E-state index < -0.39 is 23.2 Å². The molecule has 0 unspecified atom stereocenters. The summed E-state index contributed by atoms with van der Waals surface area (Å²) in [7, 11) is 0. The van der Waals surface area contributed by atoms with Crippen LogP contribution in [0.3, 0.4) is 0 Å². The minimum atomic E-state index is -4.02. The summed E-state index contributed by atoms with van der Waals surface area (Å²) >= 11 is 0. The van der Waals surface area contributed by atoms with Gasteiger partial charge >= 0.3 is 12.4 Å². The third-order valence-corrected chi connectivity index (χ3v) is 6.03. The highest BCUT2D eigenvalue weighted by molar-refractivity contribution is 4.90. The zero-order valence-corrected chi connectivity index (χ0v) is 15.1. The summed E-state index contributed by atoms with van der Waals surface area (Å²) < 4.78 is 74.7. The van der Waals surface area contributed by atoms with E-state index in [4.69, 9.17) is 0 Å². The highest BCUT2D eigenvalue weighted by atomic mass is 19.4. The summed E-state index contributed by atoms with van der Waals surface area (Å²) in [5.74, 6) is 0. The van der Waals surface area contributed by atoms with Gasteiger partial charge in [0, 0.05) is 0 Å². The van der Waals surface area contributed by atoms with Crippen molar-refractivity contribution in [1.82, 2.24) is 0 Å². The molecule has 0 aromatic heterocycles. The van der Waals surface area contributed by atoms with Crippen LogP contribution >= 0.6 is 0 Å². The predicted molar refractivity (Wildman–Crippen MR) is 83.7 cm³/mol. The average molecular weight is 360 g/mol. The van der Waals surface area contributed by atoms with Crippen molar-refractivity contribution in [2.24, 2.45) is 16.2 Å². The van der Waals surface area contributed by atoms with E-state index in [1.165, 1.54) is 13.8 Å². The van der Waals surface area contributed by atoms with Crippen LogP contribution in [0.25, 0.3) is 0 Å². The Labute approximate surface area is 141 Å². The SMILES string of the molecule is CC1(C(F)(F)F)CCCCC1.CC1(C)CCC(C)(C(F)(F)F)CC1. The van der Waals surface area contributed by atoms with Crippen molar-refractivity contribution in [3.05, 3.63) is 0 Å².